The lowest BCUT2D eigenvalue weighted by Crippen LogP contribution is -2.49. The molecule has 6 heteroatoms. The van der Waals surface area contributed by atoms with E-state index in [1.807, 2.05) is 51.1 Å². The smallest absolute Gasteiger partial charge is 0.261 e. The fraction of sp³-hybridized carbons (Fsp3) is 0.364. The minimum atomic E-state index is -0.573. The van der Waals surface area contributed by atoms with Gasteiger partial charge < -0.3 is 15.0 Å². The average molecular weight is 403 g/mol. The second kappa shape index (κ2) is 10.1. The van der Waals surface area contributed by atoms with Crippen molar-refractivity contribution in [3.63, 3.8) is 0 Å². The molecule has 0 aliphatic rings. The van der Waals surface area contributed by atoms with Gasteiger partial charge in [-0.2, -0.15) is 0 Å². The molecular weight excluding hydrogens is 376 g/mol. The molecular formula is C22H27ClN2O3. The Morgan fingerprint density at radius 2 is 1.71 bits per heavy atom. The van der Waals surface area contributed by atoms with E-state index in [0.29, 0.717) is 23.7 Å². The molecule has 0 spiro atoms. The largest absolute Gasteiger partial charge is 0.484 e. The topological polar surface area (TPSA) is 58.6 Å². The van der Waals surface area contributed by atoms with E-state index in [1.165, 1.54) is 0 Å². The van der Waals surface area contributed by atoms with Crippen molar-refractivity contribution < 1.29 is 14.3 Å². The number of benzene rings is 2. The predicted octanol–water partition coefficient (Wildman–Crippen LogP) is 3.89. The van der Waals surface area contributed by atoms with Crippen LogP contribution in [0.3, 0.4) is 0 Å². The van der Waals surface area contributed by atoms with Gasteiger partial charge in [0.1, 0.15) is 11.8 Å². The van der Waals surface area contributed by atoms with Crippen LogP contribution in [-0.2, 0) is 16.1 Å². The third-order valence-electron chi connectivity index (χ3n) is 4.46. The number of halogens is 1. The molecule has 150 valence electrons. The third kappa shape index (κ3) is 5.99. The van der Waals surface area contributed by atoms with Crippen LogP contribution in [-0.4, -0.2) is 36.4 Å². The highest BCUT2D eigenvalue weighted by Crippen LogP contribution is 2.18. The van der Waals surface area contributed by atoms with Crippen LogP contribution in [0.4, 0.5) is 0 Å². The number of rotatable bonds is 8. The molecule has 0 radical (unpaired) electrons. The van der Waals surface area contributed by atoms with Crippen molar-refractivity contribution >= 4 is 23.4 Å². The summed E-state index contributed by atoms with van der Waals surface area (Å²) in [6.45, 7) is 6.01. The van der Waals surface area contributed by atoms with Gasteiger partial charge in [0.2, 0.25) is 5.91 Å². The molecule has 0 bridgehead atoms. The number of carbonyl (C=O) groups excluding carboxylic acids is 2. The van der Waals surface area contributed by atoms with Crippen LogP contribution >= 0.6 is 11.6 Å². The monoisotopic (exact) mass is 402 g/mol. The molecule has 0 heterocycles. The molecule has 0 saturated carbocycles. The van der Waals surface area contributed by atoms with Gasteiger partial charge in [0, 0.05) is 18.6 Å². The van der Waals surface area contributed by atoms with Crippen molar-refractivity contribution in [3.8, 4) is 5.75 Å². The highest BCUT2D eigenvalue weighted by molar-refractivity contribution is 6.30. The molecule has 0 aliphatic carbocycles. The molecule has 1 unspecified atom stereocenters. The average Bonchev–Trinajstić information content (AvgIpc) is 2.66. The maximum atomic E-state index is 13.0. The SMILES string of the molecule is CCC(C(=O)NC)N(Cc1ccc(Cl)cc1)C(=O)COc1cc(C)cc(C)c1. The van der Waals surface area contributed by atoms with E-state index < -0.39 is 6.04 Å². The lowest BCUT2D eigenvalue weighted by Gasteiger charge is -2.30. The zero-order chi connectivity index (χ0) is 20.7. The highest BCUT2D eigenvalue weighted by atomic mass is 35.5. The Hall–Kier alpha value is -2.53. The molecule has 2 aromatic carbocycles. The van der Waals surface area contributed by atoms with E-state index in [1.54, 1.807) is 24.1 Å². The van der Waals surface area contributed by atoms with Crippen molar-refractivity contribution in [2.75, 3.05) is 13.7 Å². The molecule has 1 N–H and O–H groups in total. The fourth-order valence-corrected chi connectivity index (χ4v) is 3.24. The second-order valence-corrected chi connectivity index (χ2v) is 7.23. The standard InChI is InChI=1S/C22H27ClN2O3/c1-5-20(22(27)24-4)25(13-17-6-8-18(23)9-7-17)21(26)14-28-19-11-15(2)10-16(3)12-19/h6-12,20H,5,13-14H2,1-4H3,(H,24,27). The number of likely N-dealkylation sites (N-methyl/N-ethyl adjacent to an activating group) is 1. The van der Waals surface area contributed by atoms with E-state index in [2.05, 4.69) is 5.32 Å². The molecule has 2 aromatic rings. The van der Waals surface area contributed by atoms with Gasteiger partial charge in [-0.05, 0) is 61.2 Å². The van der Waals surface area contributed by atoms with Crippen LogP contribution in [0, 0.1) is 13.8 Å². The van der Waals surface area contributed by atoms with Crippen LogP contribution in [0.2, 0.25) is 5.02 Å². The van der Waals surface area contributed by atoms with Gasteiger partial charge >= 0.3 is 0 Å². The van der Waals surface area contributed by atoms with Gasteiger partial charge in [-0.3, -0.25) is 9.59 Å². The van der Waals surface area contributed by atoms with Crippen LogP contribution < -0.4 is 10.1 Å². The van der Waals surface area contributed by atoms with Crippen LogP contribution in [0.1, 0.15) is 30.0 Å². The van der Waals surface area contributed by atoms with E-state index in [-0.39, 0.29) is 18.4 Å². The molecule has 1 atom stereocenters. The number of amides is 2. The summed E-state index contributed by atoms with van der Waals surface area (Å²) in [5, 5.41) is 3.26. The molecule has 0 aromatic heterocycles. The minimum Gasteiger partial charge on any atom is -0.484 e. The Kier molecular flexibility index (Phi) is 7.88. The van der Waals surface area contributed by atoms with E-state index in [0.717, 1.165) is 16.7 Å². The van der Waals surface area contributed by atoms with Gasteiger partial charge in [0.15, 0.2) is 6.61 Å². The molecule has 5 nitrogen and oxygen atoms in total. The maximum Gasteiger partial charge on any atom is 0.261 e. The quantitative estimate of drug-likeness (QED) is 0.728. The van der Waals surface area contributed by atoms with Gasteiger partial charge in [-0.1, -0.05) is 36.7 Å². The number of hydrogen-bond donors (Lipinski definition) is 1. The van der Waals surface area contributed by atoms with E-state index in [4.69, 9.17) is 16.3 Å². The van der Waals surface area contributed by atoms with Crippen molar-refractivity contribution in [2.45, 2.75) is 39.8 Å². The Morgan fingerprint density at radius 3 is 2.25 bits per heavy atom. The maximum absolute atomic E-state index is 13.0. The summed E-state index contributed by atoms with van der Waals surface area (Å²) in [6, 6.07) is 12.5. The lowest BCUT2D eigenvalue weighted by atomic mass is 10.1. The number of ether oxygens (including phenoxy) is 1. The minimum absolute atomic E-state index is 0.135. The van der Waals surface area contributed by atoms with Crippen molar-refractivity contribution in [3.05, 3.63) is 64.2 Å². The van der Waals surface area contributed by atoms with Gasteiger partial charge in [0.05, 0.1) is 0 Å². The van der Waals surface area contributed by atoms with E-state index in [9.17, 15) is 9.59 Å². The molecule has 0 fully saturated rings. The Balaban J connectivity index is 2.19. The van der Waals surface area contributed by atoms with Crippen LogP contribution in [0.25, 0.3) is 0 Å². The van der Waals surface area contributed by atoms with Crippen molar-refractivity contribution in [1.29, 1.82) is 0 Å². The number of hydrogen-bond acceptors (Lipinski definition) is 3. The van der Waals surface area contributed by atoms with Crippen molar-refractivity contribution in [1.82, 2.24) is 10.2 Å². The van der Waals surface area contributed by atoms with Gasteiger partial charge in [-0.15, -0.1) is 0 Å². The lowest BCUT2D eigenvalue weighted by molar-refractivity contribution is -0.142. The van der Waals surface area contributed by atoms with E-state index >= 15 is 0 Å². The molecule has 0 saturated heterocycles. The number of aryl methyl sites for hydroxylation is 2. The van der Waals surface area contributed by atoms with Crippen LogP contribution in [0.5, 0.6) is 5.75 Å². The Bertz CT molecular complexity index is 801. The first-order chi connectivity index (χ1) is 13.3. The first-order valence-electron chi connectivity index (χ1n) is 9.30. The fourth-order valence-electron chi connectivity index (χ4n) is 3.12. The third-order valence-corrected chi connectivity index (χ3v) is 4.71. The summed E-state index contributed by atoms with van der Waals surface area (Å²) in [7, 11) is 1.57. The molecule has 28 heavy (non-hydrogen) atoms. The number of nitrogens with one attached hydrogen (secondary N) is 1. The van der Waals surface area contributed by atoms with Gasteiger partial charge in [-0.25, -0.2) is 0 Å². The van der Waals surface area contributed by atoms with Crippen molar-refractivity contribution in [2.24, 2.45) is 0 Å². The number of carbonyl (C=O) groups is 2. The predicted molar refractivity (Wildman–Crippen MR) is 112 cm³/mol. The van der Waals surface area contributed by atoms with Crippen LogP contribution in [0.15, 0.2) is 42.5 Å². The zero-order valence-corrected chi connectivity index (χ0v) is 17.5. The summed E-state index contributed by atoms with van der Waals surface area (Å²) >= 11 is 5.95. The summed E-state index contributed by atoms with van der Waals surface area (Å²) < 4.78 is 5.73. The summed E-state index contributed by atoms with van der Waals surface area (Å²) in [5.41, 5.74) is 3.03. The first-order valence-corrected chi connectivity index (χ1v) is 9.68. The molecule has 2 rings (SSSR count). The Labute approximate surface area is 171 Å². The summed E-state index contributed by atoms with van der Waals surface area (Å²) in [5.74, 6) is 0.200. The second-order valence-electron chi connectivity index (χ2n) is 6.80. The first kappa shape index (κ1) is 21.8. The normalized spacial score (nSPS) is 11.6. The zero-order valence-electron chi connectivity index (χ0n) is 16.8. The highest BCUT2D eigenvalue weighted by Gasteiger charge is 2.28. The summed E-state index contributed by atoms with van der Waals surface area (Å²) in [4.78, 5) is 26.9. The molecule has 0 aliphatic heterocycles. The molecule has 2 amide bonds. The summed E-state index contributed by atoms with van der Waals surface area (Å²) in [6.07, 6.45) is 0.503. The Morgan fingerprint density at radius 1 is 1.11 bits per heavy atom. The number of nitrogens with zero attached hydrogens (tertiary/aromatic N) is 1. The van der Waals surface area contributed by atoms with Gasteiger partial charge in [0.25, 0.3) is 5.91 Å².